The Balaban J connectivity index is 1.98. The highest BCUT2D eigenvalue weighted by atomic mass is 16.3. The highest BCUT2D eigenvalue weighted by molar-refractivity contribution is 5.30. The molecule has 1 aliphatic carbocycles. The Kier molecular flexibility index (Phi) is 5.22. The van der Waals surface area contributed by atoms with Crippen LogP contribution in [0.3, 0.4) is 0 Å². The molecular weight excluding hydrogens is 246 g/mol. The number of aryl methyl sites for hydroxylation is 2. The van der Waals surface area contributed by atoms with Crippen molar-refractivity contribution in [2.75, 3.05) is 13.1 Å². The van der Waals surface area contributed by atoms with Gasteiger partial charge in [-0.1, -0.05) is 43.2 Å². The maximum atomic E-state index is 10.5. The third-order valence-electron chi connectivity index (χ3n) is 4.09. The van der Waals surface area contributed by atoms with Gasteiger partial charge in [0.15, 0.2) is 0 Å². The van der Waals surface area contributed by atoms with Crippen LogP contribution in [0.15, 0.2) is 18.2 Å². The van der Waals surface area contributed by atoms with Gasteiger partial charge in [0.2, 0.25) is 0 Å². The van der Waals surface area contributed by atoms with E-state index in [-0.39, 0.29) is 6.10 Å². The second-order valence-corrected chi connectivity index (χ2v) is 6.85. The fourth-order valence-corrected chi connectivity index (χ4v) is 2.82. The van der Waals surface area contributed by atoms with Gasteiger partial charge >= 0.3 is 0 Å². The van der Waals surface area contributed by atoms with Crippen molar-refractivity contribution in [2.24, 2.45) is 5.92 Å². The third kappa shape index (κ3) is 4.60. The average Bonchev–Trinajstić information content (AvgIpc) is 3.16. The molecule has 1 aliphatic rings. The third-order valence-corrected chi connectivity index (χ3v) is 4.09. The quantitative estimate of drug-likeness (QED) is 0.817. The van der Waals surface area contributed by atoms with Crippen LogP contribution < -0.4 is 0 Å². The van der Waals surface area contributed by atoms with Gasteiger partial charge in [-0.25, -0.2) is 0 Å². The Morgan fingerprint density at radius 2 is 1.75 bits per heavy atom. The smallest absolute Gasteiger partial charge is 0.0917 e. The second-order valence-electron chi connectivity index (χ2n) is 6.85. The van der Waals surface area contributed by atoms with Crippen molar-refractivity contribution in [1.29, 1.82) is 0 Å². The van der Waals surface area contributed by atoms with Gasteiger partial charge in [-0.05, 0) is 51.1 Å². The van der Waals surface area contributed by atoms with E-state index in [1.807, 2.05) is 0 Å². The van der Waals surface area contributed by atoms with Crippen LogP contribution in [0.25, 0.3) is 0 Å². The molecule has 0 spiro atoms. The minimum absolute atomic E-state index is 0.360. The zero-order valence-electron chi connectivity index (χ0n) is 13.4. The molecule has 2 rings (SSSR count). The molecule has 0 aliphatic heterocycles. The summed E-state index contributed by atoms with van der Waals surface area (Å²) in [5.41, 5.74) is 3.54. The molecule has 0 aromatic heterocycles. The largest absolute Gasteiger partial charge is 0.387 e. The predicted octanol–water partition coefficient (Wildman–Crippen LogP) is 3.85. The molecule has 112 valence electrons. The molecule has 1 aromatic carbocycles. The molecule has 0 amide bonds. The summed E-state index contributed by atoms with van der Waals surface area (Å²) in [6.45, 7) is 10.6. The van der Waals surface area contributed by atoms with E-state index in [0.717, 1.165) is 24.6 Å². The molecule has 1 fully saturated rings. The van der Waals surface area contributed by atoms with Gasteiger partial charge < -0.3 is 5.11 Å². The first-order valence-corrected chi connectivity index (χ1v) is 7.96. The van der Waals surface area contributed by atoms with Crippen molar-refractivity contribution in [1.82, 2.24) is 4.90 Å². The first kappa shape index (κ1) is 15.5. The van der Waals surface area contributed by atoms with Gasteiger partial charge in [0.05, 0.1) is 6.10 Å². The summed E-state index contributed by atoms with van der Waals surface area (Å²) in [6, 6.07) is 7.11. The van der Waals surface area contributed by atoms with E-state index in [1.54, 1.807) is 0 Å². The molecule has 2 nitrogen and oxygen atoms in total. The molecule has 0 bridgehead atoms. The monoisotopic (exact) mass is 275 g/mol. The van der Waals surface area contributed by atoms with Crippen molar-refractivity contribution in [3.05, 3.63) is 34.9 Å². The van der Waals surface area contributed by atoms with Crippen LogP contribution in [0.4, 0.5) is 0 Å². The van der Waals surface area contributed by atoms with E-state index in [9.17, 15) is 5.11 Å². The van der Waals surface area contributed by atoms with Gasteiger partial charge in [-0.2, -0.15) is 0 Å². The van der Waals surface area contributed by atoms with Gasteiger partial charge in [0.25, 0.3) is 0 Å². The van der Waals surface area contributed by atoms with Crippen LogP contribution in [0.1, 0.15) is 55.9 Å². The molecule has 0 saturated heterocycles. The van der Waals surface area contributed by atoms with Crippen molar-refractivity contribution in [3.63, 3.8) is 0 Å². The molecule has 20 heavy (non-hydrogen) atoms. The van der Waals surface area contributed by atoms with E-state index in [2.05, 4.69) is 50.8 Å². The first-order valence-electron chi connectivity index (χ1n) is 7.96. The summed E-state index contributed by atoms with van der Waals surface area (Å²) in [6.07, 6.45) is 3.46. The lowest BCUT2D eigenvalue weighted by molar-refractivity contribution is 0.105. The fraction of sp³-hybridized carbons (Fsp3) is 0.667. The van der Waals surface area contributed by atoms with E-state index in [0.29, 0.717) is 6.04 Å². The average molecular weight is 275 g/mol. The maximum Gasteiger partial charge on any atom is 0.0917 e. The first-order chi connectivity index (χ1) is 9.45. The molecule has 2 heteroatoms. The minimum Gasteiger partial charge on any atom is -0.387 e. The van der Waals surface area contributed by atoms with Crippen molar-refractivity contribution in [3.8, 4) is 0 Å². The summed E-state index contributed by atoms with van der Waals surface area (Å²) in [5, 5.41) is 10.5. The zero-order valence-corrected chi connectivity index (χ0v) is 13.4. The minimum atomic E-state index is -0.360. The Labute approximate surface area is 123 Å². The van der Waals surface area contributed by atoms with Crippen molar-refractivity contribution in [2.45, 2.75) is 59.1 Å². The van der Waals surface area contributed by atoms with Gasteiger partial charge in [-0.3, -0.25) is 4.90 Å². The Morgan fingerprint density at radius 1 is 1.15 bits per heavy atom. The highest BCUT2D eigenvalue weighted by Crippen LogP contribution is 2.29. The molecule has 0 radical (unpaired) electrons. The summed E-state index contributed by atoms with van der Waals surface area (Å²) in [4.78, 5) is 2.49. The standard InChI is InChI=1S/C18H29NO/c1-13(2)7-8-19(17-5-6-17)12-18(20)16-10-14(3)9-15(4)11-16/h9-11,13,17-18,20H,5-8,12H2,1-4H3. The molecule has 1 saturated carbocycles. The summed E-state index contributed by atoms with van der Waals surface area (Å²) < 4.78 is 0. The van der Waals surface area contributed by atoms with Gasteiger partial charge in [0.1, 0.15) is 0 Å². The fourth-order valence-electron chi connectivity index (χ4n) is 2.82. The highest BCUT2D eigenvalue weighted by Gasteiger charge is 2.30. The molecule has 1 N–H and O–H groups in total. The zero-order chi connectivity index (χ0) is 14.7. The molecule has 1 aromatic rings. The van der Waals surface area contributed by atoms with E-state index in [4.69, 9.17) is 0 Å². The van der Waals surface area contributed by atoms with Crippen LogP contribution in [0, 0.1) is 19.8 Å². The number of benzene rings is 1. The number of aliphatic hydroxyl groups is 1. The Hall–Kier alpha value is -0.860. The maximum absolute atomic E-state index is 10.5. The Bertz CT molecular complexity index is 417. The number of hydrogen-bond donors (Lipinski definition) is 1. The SMILES string of the molecule is Cc1cc(C)cc(C(O)CN(CCC(C)C)C2CC2)c1. The summed E-state index contributed by atoms with van der Waals surface area (Å²) in [5.74, 6) is 0.731. The molecule has 1 atom stereocenters. The van der Waals surface area contributed by atoms with Crippen LogP contribution in [0.2, 0.25) is 0 Å². The molecule has 0 heterocycles. The number of hydrogen-bond acceptors (Lipinski definition) is 2. The number of rotatable bonds is 7. The van der Waals surface area contributed by atoms with Crippen molar-refractivity contribution < 1.29 is 5.11 Å². The van der Waals surface area contributed by atoms with Crippen LogP contribution in [-0.4, -0.2) is 29.1 Å². The molecule has 1 unspecified atom stereocenters. The second kappa shape index (κ2) is 6.73. The normalized spacial score (nSPS) is 16.9. The van der Waals surface area contributed by atoms with Crippen LogP contribution in [-0.2, 0) is 0 Å². The van der Waals surface area contributed by atoms with Gasteiger partial charge in [0, 0.05) is 12.6 Å². The van der Waals surface area contributed by atoms with Crippen LogP contribution in [0.5, 0.6) is 0 Å². The summed E-state index contributed by atoms with van der Waals surface area (Å²) >= 11 is 0. The predicted molar refractivity (Wildman–Crippen MR) is 84.9 cm³/mol. The summed E-state index contributed by atoms with van der Waals surface area (Å²) in [7, 11) is 0. The van der Waals surface area contributed by atoms with E-state index >= 15 is 0 Å². The number of nitrogens with zero attached hydrogens (tertiary/aromatic N) is 1. The lowest BCUT2D eigenvalue weighted by Gasteiger charge is -2.26. The number of aliphatic hydroxyl groups excluding tert-OH is 1. The Morgan fingerprint density at radius 3 is 2.25 bits per heavy atom. The van der Waals surface area contributed by atoms with E-state index in [1.165, 1.54) is 30.4 Å². The van der Waals surface area contributed by atoms with Crippen molar-refractivity contribution >= 4 is 0 Å². The van der Waals surface area contributed by atoms with Gasteiger partial charge in [-0.15, -0.1) is 0 Å². The van der Waals surface area contributed by atoms with Crippen LogP contribution >= 0.6 is 0 Å². The lowest BCUT2D eigenvalue weighted by Crippen LogP contribution is -2.32. The van der Waals surface area contributed by atoms with E-state index < -0.39 is 0 Å². The topological polar surface area (TPSA) is 23.5 Å². The lowest BCUT2D eigenvalue weighted by atomic mass is 10.0. The molecular formula is C18H29NO.